The van der Waals surface area contributed by atoms with Gasteiger partial charge in [0.05, 0.1) is 5.52 Å². The summed E-state index contributed by atoms with van der Waals surface area (Å²) in [4.78, 5) is 11.7. The van der Waals surface area contributed by atoms with Gasteiger partial charge in [0.2, 0.25) is 0 Å². The van der Waals surface area contributed by atoms with Gasteiger partial charge in [0.1, 0.15) is 5.82 Å². The van der Waals surface area contributed by atoms with Crippen LogP contribution in [-0.2, 0) is 6.42 Å². The molecule has 0 spiro atoms. The first-order valence-electron chi connectivity index (χ1n) is 4.83. The minimum atomic E-state index is -0.437. The van der Waals surface area contributed by atoms with Gasteiger partial charge in [-0.15, -0.1) is 0 Å². The minimum Gasteiger partial charge on any atom is -0.330 e. The molecule has 0 radical (unpaired) electrons. The van der Waals surface area contributed by atoms with Crippen molar-refractivity contribution in [2.24, 2.45) is 5.73 Å². The maximum atomic E-state index is 13.0. The Morgan fingerprint density at radius 3 is 2.88 bits per heavy atom. The lowest BCUT2D eigenvalue weighted by Gasteiger charge is -2.07. The molecule has 16 heavy (non-hydrogen) atoms. The number of halogens is 2. The summed E-state index contributed by atoms with van der Waals surface area (Å²) in [7, 11) is 0. The smallest absolute Gasteiger partial charge is 0.255 e. The number of hydrogen-bond acceptors (Lipinski definition) is 2. The fourth-order valence-electron chi connectivity index (χ4n) is 1.62. The van der Waals surface area contributed by atoms with Crippen LogP contribution in [0.5, 0.6) is 0 Å². The van der Waals surface area contributed by atoms with Gasteiger partial charge in [-0.2, -0.15) is 0 Å². The van der Waals surface area contributed by atoms with Gasteiger partial charge >= 0.3 is 0 Å². The lowest BCUT2D eigenvalue weighted by molar-refractivity contribution is 0.618. The van der Waals surface area contributed by atoms with Crippen molar-refractivity contribution in [3.8, 4) is 0 Å². The molecule has 2 rings (SSSR count). The van der Waals surface area contributed by atoms with Gasteiger partial charge in [-0.25, -0.2) is 4.39 Å². The van der Waals surface area contributed by atoms with Crippen molar-refractivity contribution in [1.29, 1.82) is 0 Å². The van der Waals surface area contributed by atoms with Gasteiger partial charge < -0.3 is 5.73 Å². The first-order valence-corrected chi connectivity index (χ1v) is 5.62. The molecule has 2 aromatic rings. The van der Waals surface area contributed by atoms with Crippen molar-refractivity contribution in [3.05, 3.63) is 50.6 Å². The molecule has 0 aromatic carbocycles. The molecule has 0 aliphatic rings. The molecule has 0 amide bonds. The topological polar surface area (TPSA) is 47.5 Å². The van der Waals surface area contributed by atoms with E-state index in [-0.39, 0.29) is 5.56 Å². The summed E-state index contributed by atoms with van der Waals surface area (Å²) in [6, 6.07) is 4.37. The highest BCUT2D eigenvalue weighted by Gasteiger charge is 2.07. The highest BCUT2D eigenvalue weighted by Crippen LogP contribution is 2.21. The number of hydrogen-bond donors (Lipinski definition) is 1. The van der Waals surface area contributed by atoms with Gasteiger partial charge in [0.15, 0.2) is 0 Å². The maximum absolute atomic E-state index is 13.0. The summed E-state index contributed by atoms with van der Waals surface area (Å²) < 4.78 is 15.1. The van der Waals surface area contributed by atoms with E-state index in [2.05, 4.69) is 15.9 Å². The number of fused-ring (bicyclic) bond motifs is 1. The summed E-state index contributed by atoms with van der Waals surface area (Å²) in [6.07, 6.45) is 1.79. The van der Waals surface area contributed by atoms with Crippen molar-refractivity contribution < 1.29 is 4.39 Å². The molecular weight excluding hydrogens is 275 g/mol. The quantitative estimate of drug-likeness (QED) is 0.913. The second-order valence-electron chi connectivity index (χ2n) is 3.46. The van der Waals surface area contributed by atoms with Crippen molar-refractivity contribution in [2.45, 2.75) is 6.42 Å². The van der Waals surface area contributed by atoms with E-state index in [0.717, 1.165) is 10.0 Å². The van der Waals surface area contributed by atoms with Gasteiger partial charge in [-0.05, 0) is 46.6 Å². The summed E-state index contributed by atoms with van der Waals surface area (Å²) in [5.41, 5.74) is 6.71. The number of nitrogens with zero attached hydrogens (tertiary/aromatic N) is 1. The van der Waals surface area contributed by atoms with Gasteiger partial charge in [0.25, 0.3) is 5.56 Å². The predicted octanol–water partition coefficient (Wildman–Crippen LogP) is 1.70. The molecule has 3 nitrogen and oxygen atoms in total. The zero-order valence-electron chi connectivity index (χ0n) is 8.41. The Hall–Kier alpha value is -1.20. The zero-order chi connectivity index (χ0) is 11.7. The van der Waals surface area contributed by atoms with E-state index in [1.807, 2.05) is 0 Å². The maximum Gasteiger partial charge on any atom is 0.255 e. The van der Waals surface area contributed by atoms with E-state index >= 15 is 0 Å². The van der Waals surface area contributed by atoms with Crippen LogP contribution >= 0.6 is 15.9 Å². The Morgan fingerprint density at radius 1 is 1.44 bits per heavy atom. The number of pyridine rings is 2. The van der Waals surface area contributed by atoms with Gasteiger partial charge in [-0.3, -0.25) is 9.20 Å². The molecule has 0 aliphatic heterocycles. The molecule has 0 aliphatic carbocycles. The molecule has 0 unspecified atom stereocenters. The van der Waals surface area contributed by atoms with E-state index in [1.54, 1.807) is 6.07 Å². The van der Waals surface area contributed by atoms with Gasteiger partial charge in [-0.1, -0.05) is 0 Å². The Bertz CT molecular complexity index is 594. The third-order valence-electron chi connectivity index (χ3n) is 2.37. The monoisotopic (exact) mass is 284 g/mol. The third-order valence-corrected chi connectivity index (χ3v) is 3.28. The Kier molecular flexibility index (Phi) is 3.07. The molecule has 2 N–H and O–H groups in total. The van der Waals surface area contributed by atoms with Crippen LogP contribution in [0.4, 0.5) is 4.39 Å². The van der Waals surface area contributed by atoms with Crippen molar-refractivity contribution in [3.63, 3.8) is 0 Å². The summed E-state index contributed by atoms with van der Waals surface area (Å²) in [5, 5.41) is 0. The average Bonchev–Trinajstić information content (AvgIpc) is 2.26. The summed E-state index contributed by atoms with van der Waals surface area (Å²) in [5.74, 6) is -0.437. The predicted molar refractivity (Wildman–Crippen MR) is 64.1 cm³/mol. The van der Waals surface area contributed by atoms with Crippen LogP contribution in [0.15, 0.2) is 33.7 Å². The van der Waals surface area contributed by atoms with E-state index in [0.29, 0.717) is 18.5 Å². The van der Waals surface area contributed by atoms with E-state index in [9.17, 15) is 9.18 Å². The first kappa shape index (κ1) is 11.3. The van der Waals surface area contributed by atoms with Crippen LogP contribution < -0.4 is 11.3 Å². The molecule has 84 valence electrons. The Labute approximate surface area is 99.8 Å². The fourth-order valence-corrected chi connectivity index (χ4v) is 2.26. The van der Waals surface area contributed by atoms with Crippen LogP contribution in [-0.4, -0.2) is 10.9 Å². The largest absolute Gasteiger partial charge is 0.330 e. The highest BCUT2D eigenvalue weighted by molar-refractivity contribution is 9.10. The molecule has 5 heteroatoms. The molecule has 0 fully saturated rings. The number of nitrogens with two attached hydrogens (primary N) is 1. The SMILES string of the molecule is NCCc1cc(=O)n2cc(F)ccc2c1Br. The molecule has 0 bridgehead atoms. The Morgan fingerprint density at radius 2 is 2.19 bits per heavy atom. The number of aromatic nitrogens is 1. The van der Waals surface area contributed by atoms with Gasteiger partial charge in [0, 0.05) is 16.7 Å². The average molecular weight is 285 g/mol. The normalized spacial score (nSPS) is 10.9. The first-order chi connectivity index (χ1) is 7.63. The molecular formula is C11H10BrFN2O. The van der Waals surface area contributed by atoms with E-state index in [1.165, 1.54) is 22.7 Å². The summed E-state index contributed by atoms with van der Waals surface area (Å²) in [6.45, 7) is 0.468. The lowest BCUT2D eigenvalue weighted by Crippen LogP contribution is -2.16. The lowest BCUT2D eigenvalue weighted by atomic mass is 10.1. The second-order valence-corrected chi connectivity index (χ2v) is 4.26. The number of rotatable bonds is 2. The molecule has 2 aromatic heterocycles. The van der Waals surface area contributed by atoms with E-state index < -0.39 is 5.82 Å². The molecule has 2 heterocycles. The Balaban J connectivity index is 2.79. The van der Waals surface area contributed by atoms with Crippen LogP contribution in [0, 0.1) is 5.82 Å². The van der Waals surface area contributed by atoms with Crippen LogP contribution in [0.2, 0.25) is 0 Å². The van der Waals surface area contributed by atoms with Crippen LogP contribution in [0.1, 0.15) is 5.56 Å². The van der Waals surface area contributed by atoms with Crippen LogP contribution in [0.3, 0.4) is 0 Å². The van der Waals surface area contributed by atoms with Crippen molar-refractivity contribution >= 4 is 21.4 Å². The molecule has 0 atom stereocenters. The highest BCUT2D eigenvalue weighted by atomic mass is 79.9. The van der Waals surface area contributed by atoms with E-state index in [4.69, 9.17) is 5.73 Å². The standard InChI is InChI=1S/C11H10BrFN2O/c12-11-7(3-4-14)5-10(16)15-6-8(13)1-2-9(11)15/h1-2,5-6H,3-4,14H2. The molecule has 0 saturated heterocycles. The second kappa shape index (κ2) is 4.35. The van der Waals surface area contributed by atoms with Crippen molar-refractivity contribution in [2.75, 3.05) is 6.54 Å². The fraction of sp³-hybridized carbons (Fsp3) is 0.182. The minimum absolute atomic E-state index is 0.249. The van der Waals surface area contributed by atoms with Crippen molar-refractivity contribution in [1.82, 2.24) is 4.40 Å². The summed E-state index contributed by atoms with van der Waals surface area (Å²) >= 11 is 3.40. The zero-order valence-corrected chi connectivity index (χ0v) is 10.00. The van der Waals surface area contributed by atoms with Crippen LogP contribution in [0.25, 0.3) is 5.52 Å². The third kappa shape index (κ3) is 1.88. The molecule has 0 saturated carbocycles.